The third kappa shape index (κ3) is 6.78. The van der Waals surface area contributed by atoms with Crippen LogP contribution in [0.5, 0.6) is 5.88 Å². The second-order valence-electron chi connectivity index (χ2n) is 8.66. The standard InChI is InChI=1S/C25H29N5O8/c1-5-7-8-16(6-2)25(35)38-14(3)13-29-22(31)19(12-26)15(4)21(23(29)32)28-27-20-11-17(30(36)37)9-10-18(20)24(33)34/h9-11,14,16,31H,5-8,13H2,1-4H3,(H,33,34). The summed E-state index contributed by atoms with van der Waals surface area (Å²) in [6.45, 7) is 6.46. The lowest BCUT2D eigenvalue weighted by atomic mass is 10.00. The number of hydrogen-bond donors (Lipinski definition) is 2. The number of rotatable bonds is 12. The Labute approximate surface area is 218 Å². The van der Waals surface area contributed by atoms with Crippen LogP contribution in [0.4, 0.5) is 17.1 Å². The summed E-state index contributed by atoms with van der Waals surface area (Å²) in [6, 6.07) is 4.64. The van der Waals surface area contributed by atoms with E-state index < -0.39 is 51.3 Å². The predicted octanol–water partition coefficient (Wildman–Crippen LogP) is 4.90. The molecule has 2 atom stereocenters. The van der Waals surface area contributed by atoms with Crippen LogP contribution in [-0.4, -0.2) is 37.7 Å². The summed E-state index contributed by atoms with van der Waals surface area (Å²) in [4.78, 5) is 47.7. The van der Waals surface area contributed by atoms with E-state index in [1.54, 1.807) is 6.07 Å². The van der Waals surface area contributed by atoms with Gasteiger partial charge in [-0.2, -0.15) is 5.26 Å². The van der Waals surface area contributed by atoms with Crippen molar-refractivity contribution in [2.75, 3.05) is 0 Å². The van der Waals surface area contributed by atoms with Crippen LogP contribution in [0.15, 0.2) is 33.2 Å². The highest BCUT2D eigenvalue weighted by Crippen LogP contribution is 2.30. The number of carboxylic acids is 1. The number of nitro benzene ring substituents is 1. The fourth-order valence-electron chi connectivity index (χ4n) is 3.76. The van der Waals surface area contributed by atoms with Crippen LogP contribution in [0.3, 0.4) is 0 Å². The molecule has 0 aliphatic carbocycles. The van der Waals surface area contributed by atoms with Crippen LogP contribution in [0.1, 0.15) is 67.9 Å². The molecule has 1 aromatic carbocycles. The number of carbonyl (C=O) groups is 2. The highest BCUT2D eigenvalue weighted by Gasteiger charge is 2.24. The Morgan fingerprint density at radius 2 is 1.97 bits per heavy atom. The average Bonchev–Trinajstić information content (AvgIpc) is 2.87. The van der Waals surface area contributed by atoms with Crippen molar-refractivity contribution in [3.8, 4) is 11.9 Å². The number of aromatic nitrogens is 1. The molecule has 2 aromatic rings. The Hall–Kier alpha value is -4.60. The van der Waals surface area contributed by atoms with E-state index in [1.807, 2.05) is 13.8 Å². The summed E-state index contributed by atoms with van der Waals surface area (Å²) in [7, 11) is 0. The van der Waals surface area contributed by atoms with Gasteiger partial charge < -0.3 is 14.9 Å². The number of aromatic carboxylic acids is 1. The van der Waals surface area contributed by atoms with Crippen molar-refractivity contribution in [1.29, 1.82) is 5.26 Å². The number of benzene rings is 1. The maximum Gasteiger partial charge on any atom is 0.337 e. The number of esters is 1. The lowest BCUT2D eigenvalue weighted by Crippen LogP contribution is -2.30. The summed E-state index contributed by atoms with van der Waals surface area (Å²) in [5.41, 5.74) is -2.83. The number of aromatic hydroxyl groups is 1. The van der Waals surface area contributed by atoms with Gasteiger partial charge in [0.15, 0.2) is 5.69 Å². The predicted molar refractivity (Wildman–Crippen MR) is 135 cm³/mol. The molecule has 0 saturated heterocycles. The lowest BCUT2D eigenvalue weighted by molar-refractivity contribution is -0.384. The molecule has 0 amide bonds. The average molecular weight is 528 g/mol. The quantitative estimate of drug-likeness (QED) is 0.167. The van der Waals surface area contributed by atoms with Crippen LogP contribution in [-0.2, 0) is 16.1 Å². The fraction of sp³-hybridized carbons (Fsp3) is 0.440. The Kier molecular flexibility index (Phi) is 10.2. The first-order valence-electron chi connectivity index (χ1n) is 12.0. The monoisotopic (exact) mass is 527 g/mol. The largest absolute Gasteiger partial charge is 0.493 e. The Balaban J connectivity index is 2.50. The minimum atomic E-state index is -1.42. The zero-order valence-electron chi connectivity index (χ0n) is 21.5. The number of non-ortho nitro benzene ring substituents is 1. The zero-order chi connectivity index (χ0) is 28.6. The first kappa shape index (κ1) is 29.6. The van der Waals surface area contributed by atoms with Gasteiger partial charge in [-0.15, -0.1) is 10.2 Å². The van der Waals surface area contributed by atoms with E-state index in [2.05, 4.69) is 10.2 Å². The molecule has 2 N–H and O–H groups in total. The van der Waals surface area contributed by atoms with Crippen molar-refractivity contribution in [2.45, 2.75) is 66.0 Å². The minimum absolute atomic E-state index is 0.0347. The third-order valence-corrected chi connectivity index (χ3v) is 5.94. The van der Waals surface area contributed by atoms with Crippen molar-refractivity contribution < 1.29 is 29.5 Å². The Morgan fingerprint density at radius 3 is 2.53 bits per heavy atom. The van der Waals surface area contributed by atoms with Crippen molar-refractivity contribution in [3.63, 3.8) is 0 Å². The van der Waals surface area contributed by atoms with Crippen LogP contribution in [0.25, 0.3) is 0 Å². The molecule has 38 heavy (non-hydrogen) atoms. The molecule has 2 rings (SSSR count). The lowest BCUT2D eigenvalue weighted by Gasteiger charge is -2.20. The molecule has 13 nitrogen and oxygen atoms in total. The maximum atomic E-state index is 13.2. The smallest absolute Gasteiger partial charge is 0.337 e. The Bertz CT molecular complexity index is 1360. The van der Waals surface area contributed by atoms with Crippen LogP contribution >= 0.6 is 0 Å². The molecule has 13 heteroatoms. The molecule has 2 unspecified atom stereocenters. The molecule has 0 aliphatic heterocycles. The normalized spacial score (nSPS) is 12.6. The van der Waals surface area contributed by atoms with E-state index in [4.69, 9.17) is 4.74 Å². The number of carboxylic acid groups (broad SMARTS) is 1. The topological polar surface area (TPSA) is 197 Å². The molecule has 0 spiro atoms. The fourth-order valence-corrected chi connectivity index (χ4v) is 3.76. The highest BCUT2D eigenvalue weighted by atomic mass is 16.6. The van der Waals surface area contributed by atoms with Crippen molar-refractivity contribution in [1.82, 2.24) is 4.57 Å². The minimum Gasteiger partial charge on any atom is -0.493 e. The highest BCUT2D eigenvalue weighted by molar-refractivity contribution is 5.93. The summed E-state index contributed by atoms with van der Waals surface area (Å²) in [6.07, 6.45) is 2.17. The number of nitrogens with zero attached hydrogens (tertiary/aromatic N) is 5. The molecule has 0 radical (unpaired) electrons. The molecule has 1 heterocycles. The number of nitriles is 1. The molecule has 0 fully saturated rings. The van der Waals surface area contributed by atoms with E-state index in [0.717, 1.165) is 35.6 Å². The third-order valence-electron chi connectivity index (χ3n) is 5.94. The van der Waals surface area contributed by atoms with Crippen molar-refractivity contribution in [2.24, 2.45) is 16.1 Å². The molecule has 0 bridgehead atoms. The summed E-state index contributed by atoms with van der Waals surface area (Å²) < 4.78 is 6.31. The SMILES string of the molecule is CCCCC(CC)C(=O)OC(C)Cn1c(O)c(C#N)c(C)c(N=Nc2cc([N+](=O)[O-])ccc2C(=O)O)c1=O. The number of unbranched alkanes of at least 4 members (excludes halogenated alkanes) is 1. The van der Waals surface area contributed by atoms with E-state index in [9.17, 15) is 40.0 Å². The molecule has 0 aliphatic rings. The Morgan fingerprint density at radius 1 is 1.29 bits per heavy atom. The van der Waals surface area contributed by atoms with E-state index in [0.29, 0.717) is 12.8 Å². The summed E-state index contributed by atoms with van der Waals surface area (Å²) >= 11 is 0. The second-order valence-corrected chi connectivity index (χ2v) is 8.66. The van der Waals surface area contributed by atoms with E-state index in [-0.39, 0.29) is 29.3 Å². The number of nitro groups is 1. The number of ether oxygens (including phenoxy) is 1. The summed E-state index contributed by atoms with van der Waals surface area (Å²) in [5.74, 6) is -2.82. The second kappa shape index (κ2) is 13.1. The molecule has 202 valence electrons. The first-order valence-corrected chi connectivity index (χ1v) is 12.0. The summed E-state index contributed by atoms with van der Waals surface area (Å²) in [5, 5.41) is 48.2. The van der Waals surface area contributed by atoms with Crippen molar-refractivity contribution in [3.05, 3.63) is 55.4 Å². The molecule has 0 saturated carbocycles. The van der Waals surface area contributed by atoms with Crippen molar-refractivity contribution >= 4 is 29.0 Å². The van der Waals surface area contributed by atoms with Gasteiger partial charge in [0.1, 0.15) is 23.4 Å². The van der Waals surface area contributed by atoms with Gasteiger partial charge in [-0.05, 0) is 32.8 Å². The number of hydrogen-bond acceptors (Lipinski definition) is 10. The van der Waals surface area contributed by atoms with E-state index >= 15 is 0 Å². The zero-order valence-corrected chi connectivity index (χ0v) is 21.5. The van der Waals surface area contributed by atoms with Gasteiger partial charge in [0.2, 0.25) is 5.88 Å². The van der Waals surface area contributed by atoms with Gasteiger partial charge in [-0.25, -0.2) is 4.79 Å². The van der Waals surface area contributed by atoms with Gasteiger partial charge >= 0.3 is 11.9 Å². The number of carbonyl (C=O) groups excluding carboxylic acids is 1. The van der Waals surface area contributed by atoms with Gasteiger partial charge in [0.05, 0.1) is 22.9 Å². The van der Waals surface area contributed by atoms with Crippen LogP contribution < -0.4 is 5.56 Å². The maximum absolute atomic E-state index is 13.2. The van der Waals surface area contributed by atoms with Gasteiger partial charge in [0, 0.05) is 17.7 Å². The van der Waals surface area contributed by atoms with Crippen LogP contribution in [0.2, 0.25) is 0 Å². The first-order chi connectivity index (χ1) is 18.0. The van der Waals surface area contributed by atoms with Gasteiger partial charge in [0.25, 0.3) is 11.2 Å². The number of azo groups is 1. The molecule has 1 aromatic heterocycles. The van der Waals surface area contributed by atoms with E-state index in [1.165, 1.54) is 13.8 Å². The molecular weight excluding hydrogens is 498 g/mol. The van der Waals surface area contributed by atoms with Gasteiger partial charge in [-0.3, -0.25) is 24.3 Å². The van der Waals surface area contributed by atoms with Crippen LogP contribution in [0, 0.1) is 34.3 Å². The number of pyridine rings is 1. The molecular formula is C25H29N5O8. The van der Waals surface area contributed by atoms with Gasteiger partial charge in [-0.1, -0.05) is 26.7 Å².